The number of quaternary nitrogens is 1. The van der Waals surface area contributed by atoms with Gasteiger partial charge in [-0.1, -0.05) is 0 Å². The molecule has 0 spiro atoms. The predicted octanol–water partition coefficient (Wildman–Crippen LogP) is 0.957. The number of hydrogen-bond donors (Lipinski definition) is 2. The lowest BCUT2D eigenvalue weighted by Gasteiger charge is -2.32. The van der Waals surface area contributed by atoms with Crippen molar-refractivity contribution < 1.29 is 29.0 Å². The monoisotopic (exact) mass is 320 g/mol. The molecule has 2 N–H and O–H groups in total. The van der Waals surface area contributed by atoms with E-state index in [4.69, 9.17) is 14.2 Å². The van der Waals surface area contributed by atoms with Gasteiger partial charge in [0, 0.05) is 12.5 Å². The van der Waals surface area contributed by atoms with Gasteiger partial charge >= 0.3 is 0 Å². The Bertz CT molecular complexity index is 667. The maximum atomic E-state index is 11.2. The summed E-state index contributed by atoms with van der Waals surface area (Å²) in [6.07, 6.45) is 2.57. The Morgan fingerprint density at radius 2 is 2.30 bits per heavy atom. The summed E-state index contributed by atoms with van der Waals surface area (Å²) in [6, 6.07) is 2.00. The van der Waals surface area contributed by atoms with Crippen molar-refractivity contribution in [3.63, 3.8) is 0 Å². The van der Waals surface area contributed by atoms with Crippen LogP contribution in [0.4, 0.5) is 0 Å². The van der Waals surface area contributed by atoms with Gasteiger partial charge in [0.2, 0.25) is 12.5 Å². The number of nitrogens with one attached hydrogen (secondary N) is 1. The highest BCUT2D eigenvalue weighted by atomic mass is 16.7. The first-order chi connectivity index (χ1) is 11.0. The second kappa shape index (κ2) is 6.12. The Labute approximate surface area is 135 Å². The number of carbonyl (C=O) groups is 1. The lowest BCUT2D eigenvalue weighted by atomic mass is 9.89. The normalized spacial score (nSPS) is 22.7. The van der Waals surface area contributed by atoms with Gasteiger partial charge in [-0.15, -0.1) is 0 Å². The maximum absolute atomic E-state index is 11.2. The average molecular weight is 320 g/mol. The van der Waals surface area contributed by atoms with E-state index in [0.717, 1.165) is 24.1 Å². The molecule has 1 aromatic carbocycles. The van der Waals surface area contributed by atoms with Crippen molar-refractivity contribution in [2.75, 3.05) is 27.5 Å². The molecule has 124 valence electrons. The third-order valence-corrected chi connectivity index (χ3v) is 4.46. The molecule has 23 heavy (non-hydrogen) atoms. The molecule has 6 nitrogen and oxygen atoms in total. The molecule has 2 atom stereocenters. The summed E-state index contributed by atoms with van der Waals surface area (Å²) in [6.45, 7) is 2.56. The number of aliphatic hydroxyl groups is 1. The van der Waals surface area contributed by atoms with Crippen LogP contribution in [0.3, 0.4) is 0 Å². The van der Waals surface area contributed by atoms with Crippen LogP contribution in [0.15, 0.2) is 17.9 Å². The van der Waals surface area contributed by atoms with Crippen molar-refractivity contribution in [2.45, 2.75) is 25.8 Å². The van der Waals surface area contributed by atoms with Gasteiger partial charge < -0.3 is 24.2 Å². The minimum atomic E-state index is -0.158. The van der Waals surface area contributed by atoms with Crippen molar-refractivity contribution in [3.05, 3.63) is 29.0 Å². The number of methoxy groups -OCH3 is 1. The van der Waals surface area contributed by atoms with Gasteiger partial charge in [-0.2, -0.15) is 0 Å². The Hall–Kier alpha value is -2.21. The topological polar surface area (TPSA) is 69.4 Å². The summed E-state index contributed by atoms with van der Waals surface area (Å²) in [4.78, 5) is 12.5. The first kappa shape index (κ1) is 15.7. The number of aliphatic hydroxyl groups excluding tert-OH is 1. The fourth-order valence-electron chi connectivity index (χ4n) is 3.40. The number of ether oxygens (including phenoxy) is 3. The second-order valence-electron chi connectivity index (χ2n) is 6.07. The van der Waals surface area contributed by atoms with Gasteiger partial charge in [0.15, 0.2) is 17.3 Å². The third kappa shape index (κ3) is 2.86. The van der Waals surface area contributed by atoms with Gasteiger partial charge in [-0.3, -0.25) is 4.79 Å². The van der Waals surface area contributed by atoms with Crippen molar-refractivity contribution in [1.82, 2.24) is 0 Å². The molecule has 1 unspecified atom stereocenters. The molecule has 0 amide bonds. The van der Waals surface area contributed by atoms with Crippen molar-refractivity contribution in [3.8, 4) is 17.2 Å². The van der Waals surface area contributed by atoms with Crippen LogP contribution >= 0.6 is 0 Å². The number of rotatable bonds is 4. The fourth-order valence-corrected chi connectivity index (χ4v) is 3.40. The highest BCUT2D eigenvalue weighted by molar-refractivity contribution is 5.87. The number of benzene rings is 1. The third-order valence-electron chi connectivity index (χ3n) is 4.46. The van der Waals surface area contributed by atoms with Crippen LogP contribution in [0.25, 0.3) is 0 Å². The molecule has 0 saturated heterocycles. The minimum Gasteiger partial charge on any atom is -0.512 e. The first-order valence-electron chi connectivity index (χ1n) is 7.73. The summed E-state index contributed by atoms with van der Waals surface area (Å²) < 4.78 is 16.7. The SMILES string of the molecule is COc1c2c(cc3c1[C@H](C/C(O)=C/C(C)=O)[NH+](C)CC3)OCO2. The molecule has 0 aromatic heterocycles. The number of carbonyl (C=O) groups excluding carboxylic acids is 1. The zero-order valence-corrected chi connectivity index (χ0v) is 13.6. The summed E-state index contributed by atoms with van der Waals surface area (Å²) >= 11 is 0. The fraction of sp³-hybridized carbons (Fsp3) is 0.471. The lowest BCUT2D eigenvalue weighted by molar-refractivity contribution is -0.914. The molecule has 2 aliphatic heterocycles. The van der Waals surface area contributed by atoms with Crippen LogP contribution in [0.1, 0.15) is 30.5 Å². The number of allylic oxidation sites excluding steroid dienone is 1. The van der Waals surface area contributed by atoms with Gasteiger partial charge in [-0.05, 0) is 18.6 Å². The number of hydrogen-bond acceptors (Lipinski definition) is 5. The van der Waals surface area contributed by atoms with Crippen molar-refractivity contribution in [1.29, 1.82) is 0 Å². The van der Waals surface area contributed by atoms with Crippen LogP contribution in [-0.2, 0) is 11.2 Å². The van der Waals surface area contributed by atoms with E-state index < -0.39 is 0 Å². The second-order valence-corrected chi connectivity index (χ2v) is 6.07. The van der Waals surface area contributed by atoms with Gasteiger partial charge in [0.25, 0.3) is 0 Å². The van der Waals surface area contributed by atoms with Crippen LogP contribution in [0.2, 0.25) is 0 Å². The molecule has 6 heteroatoms. The molecular weight excluding hydrogens is 298 g/mol. The minimum absolute atomic E-state index is 0.00111. The molecule has 0 fully saturated rings. The Kier molecular flexibility index (Phi) is 4.17. The van der Waals surface area contributed by atoms with Crippen molar-refractivity contribution >= 4 is 5.78 Å². The number of fused-ring (bicyclic) bond motifs is 2. The summed E-state index contributed by atoms with van der Waals surface area (Å²) in [5, 5.41) is 10.1. The van der Waals surface area contributed by atoms with Gasteiger partial charge in [-0.25, -0.2) is 0 Å². The molecule has 0 saturated carbocycles. The van der Waals surface area contributed by atoms with E-state index in [0.29, 0.717) is 23.7 Å². The first-order valence-corrected chi connectivity index (χ1v) is 7.73. The van der Waals surface area contributed by atoms with Gasteiger partial charge in [0.1, 0.15) is 11.8 Å². The highest BCUT2D eigenvalue weighted by Crippen LogP contribution is 2.48. The molecule has 2 heterocycles. The molecule has 2 aliphatic rings. The van der Waals surface area contributed by atoms with E-state index in [1.54, 1.807) is 7.11 Å². The van der Waals surface area contributed by atoms with E-state index in [9.17, 15) is 9.90 Å². The zero-order chi connectivity index (χ0) is 16.6. The Balaban J connectivity index is 2.05. The quantitative estimate of drug-likeness (QED) is 0.639. The van der Waals surface area contributed by atoms with Crippen LogP contribution in [0.5, 0.6) is 17.2 Å². The van der Waals surface area contributed by atoms with E-state index in [1.807, 2.05) is 6.07 Å². The molecule has 0 aliphatic carbocycles. The molecule has 1 aromatic rings. The number of ketones is 1. The molecule has 0 radical (unpaired) electrons. The predicted molar refractivity (Wildman–Crippen MR) is 83.3 cm³/mol. The van der Waals surface area contributed by atoms with Crippen molar-refractivity contribution in [2.24, 2.45) is 0 Å². The summed E-state index contributed by atoms with van der Waals surface area (Å²) in [5.41, 5.74) is 2.18. The maximum Gasteiger partial charge on any atom is 0.231 e. The van der Waals surface area contributed by atoms with E-state index in [2.05, 4.69) is 7.05 Å². The summed E-state index contributed by atoms with van der Waals surface area (Å²) in [7, 11) is 3.70. The molecule has 3 rings (SSSR count). The lowest BCUT2D eigenvalue weighted by Crippen LogP contribution is -3.10. The van der Waals surface area contributed by atoms with E-state index >= 15 is 0 Å². The van der Waals surface area contributed by atoms with Gasteiger partial charge in [0.05, 0.1) is 32.7 Å². The Morgan fingerprint density at radius 3 is 3.00 bits per heavy atom. The van der Waals surface area contributed by atoms with Crippen LogP contribution in [-0.4, -0.2) is 38.4 Å². The summed E-state index contributed by atoms with van der Waals surface area (Å²) in [5.74, 6) is 1.95. The molecular formula is C17H22NO5+. The molecule has 0 bridgehead atoms. The van der Waals surface area contributed by atoms with Crippen LogP contribution < -0.4 is 19.1 Å². The van der Waals surface area contributed by atoms with E-state index in [-0.39, 0.29) is 24.4 Å². The van der Waals surface area contributed by atoms with E-state index in [1.165, 1.54) is 17.9 Å². The number of likely N-dealkylation sites (N-methyl/N-ethyl adjacent to an activating group) is 1. The smallest absolute Gasteiger partial charge is 0.231 e. The standard InChI is InChI=1S/C17H21NO5/c1-10(19)6-12(20)8-13-15-11(4-5-18(13)2)7-14-16(17(15)21-3)23-9-22-14/h6-7,13,20H,4-5,8-9H2,1-3H3/p+1/b12-6-/t13-/m0/s1. The highest BCUT2D eigenvalue weighted by Gasteiger charge is 2.36. The largest absolute Gasteiger partial charge is 0.512 e. The zero-order valence-electron chi connectivity index (χ0n) is 13.6. The average Bonchev–Trinajstić information content (AvgIpc) is 2.95. The Morgan fingerprint density at radius 1 is 1.52 bits per heavy atom. The van der Waals surface area contributed by atoms with Crippen LogP contribution in [0, 0.1) is 0 Å².